The van der Waals surface area contributed by atoms with Gasteiger partial charge in [-0.3, -0.25) is 4.79 Å². The molecule has 3 atom stereocenters. The van der Waals surface area contributed by atoms with E-state index in [2.05, 4.69) is 66.7 Å². The number of carbonyl (C=O) groups is 1. The minimum absolute atomic E-state index is 0.102. The standard InChI is InChI=1S/C24H38O2/c1-17(2)9-8-10-22(25)24(14-13-19(5)6)16-21(12-11-18(3)4)20(7)15-23(24)26/h9,11,13,15,21-22,25H,8,10,12,14,16H2,1-7H3/t21-,22?,24-/m0/s1. The summed E-state index contributed by atoms with van der Waals surface area (Å²) in [5.41, 5.74) is 4.21. The van der Waals surface area contributed by atoms with Gasteiger partial charge in [0, 0.05) is 0 Å². The van der Waals surface area contributed by atoms with Gasteiger partial charge in [0.2, 0.25) is 0 Å². The second-order valence-corrected chi connectivity index (χ2v) is 8.69. The van der Waals surface area contributed by atoms with E-state index in [1.807, 2.05) is 0 Å². The molecule has 0 aliphatic heterocycles. The Morgan fingerprint density at radius 3 is 2.23 bits per heavy atom. The van der Waals surface area contributed by atoms with Gasteiger partial charge in [-0.2, -0.15) is 0 Å². The molecule has 0 fully saturated rings. The van der Waals surface area contributed by atoms with E-state index in [-0.39, 0.29) is 5.78 Å². The topological polar surface area (TPSA) is 37.3 Å². The van der Waals surface area contributed by atoms with Crippen molar-refractivity contribution in [3.05, 3.63) is 46.6 Å². The van der Waals surface area contributed by atoms with E-state index >= 15 is 0 Å². The van der Waals surface area contributed by atoms with Gasteiger partial charge in [-0.25, -0.2) is 0 Å². The lowest BCUT2D eigenvalue weighted by atomic mass is 9.63. The van der Waals surface area contributed by atoms with Crippen LogP contribution in [0, 0.1) is 11.3 Å². The van der Waals surface area contributed by atoms with Crippen LogP contribution in [0.15, 0.2) is 46.6 Å². The van der Waals surface area contributed by atoms with E-state index < -0.39 is 11.5 Å². The summed E-state index contributed by atoms with van der Waals surface area (Å²) in [6.07, 6.45) is 11.5. The van der Waals surface area contributed by atoms with Crippen LogP contribution in [0.5, 0.6) is 0 Å². The first kappa shape index (κ1) is 22.6. The highest BCUT2D eigenvalue weighted by atomic mass is 16.3. The molecule has 2 heteroatoms. The number of rotatable bonds is 8. The molecule has 0 radical (unpaired) electrons. The molecule has 1 aliphatic carbocycles. The summed E-state index contributed by atoms with van der Waals surface area (Å²) in [5, 5.41) is 11.1. The van der Waals surface area contributed by atoms with Gasteiger partial charge in [0.05, 0.1) is 11.5 Å². The number of allylic oxidation sites excluding steroid dienone is 8. The lowest BCUT2D eigenvalue weighted by Crippen LogP contribution is -2.45. The van der Waals surface area contributed by atoms with Crippen molar-refractivity contribution < 1.29 is 9.90 Å². The number of aliphatic hydroxyl groups excluding tert-OH is 1. The molecule has 0 aromatic heterocycles. The average molecular weight is 359 g/mol. The van der Waals surface area contributed by atoms with E-state index in [1.54, 1.807) is 6.08 Å². The average Bonchev–Trinajstić information content (AvgIpc) is 2.52. The molecule has 2 nitrogen and oxygen atoms in total. The van der Waals surface area contributed by atoms with Gasteiger partial charge in [0.15, 0.2) is 5.78 Å². The molecule has 0 amide bonds. The van der Waals surface area contributed by atoms with Crippen LogP contribution in [-0.2, 0) is 4.79 Å². The molecule has 26 heavy (non-hydrogen) atoms. The summed E-state index contributed by atoms with van der Waals surface area (Å²) in [6.45, 7) is 14.5. The Kier molecular flexibility index (Phi) is 8.76. The molecule has 146 valence electrons. The van der Waals surface area contributed by atoms with Crippen LogP contribution in [0.3, 0.4) is 0 Å². The molecule has 0 aromatic carbocycles. The van der Waals surface area contributed by atoms with Crippen LogP contribution in [0.4, 0.5) is 0 Å². The zero-order chi connectivity index (χ0) is 19.9. The van der Waals surface area contributed by atoms with E-state index in [0.29, 0.717) is 18.8 Å². The molecular weight excluding hydrogens is 320 g/mol. The number of hydrogen-bond acceptors (Lipinski definition) is 2. The quantitative estimate of drug-likeness (QED) is 0.515. The van der Waals surface area contributed by atoms with Crippen LogP contribution in [0.2, 0.25) is 0 Å². The first-order chi connectivity index (χ1) is 12.1. The van der Waals surface area contributed by atoms with Crippen LogP contribution in [0.25, 0.3) is 0 Å². The van der Waals surface area contributed by atoms with Crippen molar-refractivity contribution >= 4 is 5.78 Å². The third-order valence-corrected chi connectivity index (χ3v) is 5.42. The molecule has 1 unspecified atom stereocenters. The first-order valence-corrected chi connectivity index (χ1v) is 9.89. The van der Waals surface area contributed by atoms with Gasteiger partial charge >= 0.3 is 0 Å². The maximum absolute atomic E-state index is 13.1. The van der Waals surface area contributed by atoms with Gasteiger partial charge < -0.3 is 5.11 Å². The van der Waals surface area contributed by atoms with Gasteiger partial charge in [0.1, 0.15) is 0 Å². The third-order valence-electron chi connectivity index (χ3n) is 5.42. The fourth-order valence-corrected chi connectivity index (χ4v) is 3.63. The van der Waals surface area contributed by atoms with Crippen molar-refractivity contribution in [2.45, 2.75) is 86.7 Å². The van der Waals surface area contributed by atoms with Crippen LogP contribution in [0.1, 0.15) is 80.6 Å². The molecule has 1 aliphatic rings. The molecule has 0 saturated carbocycles. The number of carbonyl (C=O) groups excluding carboxylic acids is 1. The Bertz CT molecular complexity index is 606. The van der Waals surface area contributed by atoms with Crippen LogP contribution >= 0.6 is 0 Å². The molecule has 0 aromatic rings. The fraction of sp³-hybridized carbons (Fsp3) is 0.625. The Labute approximate surface area is 160 Å². The summed E-state index contributed by atoms with van der Waals surface area (Å²) in [6, 6.07) is 0. The maximum atomic E-state index is 13.1. The molecule has 0 heterocycles. The minimum Gasteiger partial charge on any atom is -0.392 e. The monoisotopic (exact) mass is 358 g/mol. The maximum Gasteiger partial charge on any atom is 0.164 e. The van der Waals surface area contributed by atoms with Gasteiger partial charge in [-0.05, 0) is 92.6 Å². The predicted molar refractivity (Wildman–Crippen MR) is 112 cm³/mol. The second kappa shape index (κ2) is 10.1. The normalized spacial score (nSPS) is 23.8. The van der Waals surface area contributed by atoms with Crippen molar-refractivity contribution in [1.29, 1.82) is 0 Å². The summed E-state index contributed by atoms with van der Waals surface area (Å²) in [4.78, 5) is 13.1. The summed E-state index contributed by atoms with van der Waals surface area (Å²) < 4.78 is 0. The molecule has 1 N–H and O–H groups in total. The second-order valence-electron chi connectivity index (χ2n) is 8.69. The van der Waals surface area contributed by atoms with Crippen molar-refractivity contribution in [3.63, 3.8) is 0 Å². The summed E-state index contributed by atoms with van der Waals surface area (Å²) >= 11 is 0. The Morgan fingerprint density at radius 2 is 1.69 bits per heavy atom. The zero-order valence-corrected chi connectivity index (χ0v) is 17.9. The van der Waals surface area contributed by atoms with Crippen LogP contribution < -0.4 is 0 Å². The predicted octanol–water partition coefficient (Wildman–Crippen LogP) is 6.33. The largest absolute Gasteiger partial charge is 0.392 e. The first-order valence-electron chi connectivity index (χ1n) is 9.89. The third kappa shape index (κ3) is 6.39. The molecule has 1 rings (SSSR count). The highest BCUT2D eigenvalue weighted by molar-refractivity contribution is 5.97. The van der Waals surface area contributed by atoms with Gasteiger partial charge in [-0.1, -0.05) is 40.5 Å². The highest BCUT2D eigenvalue weighted by Gasteiger charge is 2.46. The van der Waals surface area contributed by atoms with Crippen molar-refractivity contribution in [3.8, 4) is 0 Å². The van der Waals surface area contributed by atoms with E-state index in [4.69, 9.17) is 0 Å². The highest BCUT2D eigenvalue weighted by Crippen LogP contribution is 2.45. The van der Waals surface area contributed by atoms with Crippen molar-refractivity contribution in [1.82, 2.24) is 0 Å². The number of aliphatic hydroxyl groups is 1. The number of hydrogen-bond donors (Lipinski definition) is 1. The molecular formula is C24H38O2. The Balaban J connectivity index is 3.16. The lowest BCUT2D eigenvalue weighted by molar-refractivity contribution is -0.133. The molecule has 0 saturated heterocycles. The minimum atomic E-state index is -0.688. The van der Waals surface area contributed by atoms with E-state index in [1.165, 1.54) is 16.7 Å². The SMILES string of the molecule is CC(C)=CCCC(O)[C@]1(CC=C(C)C)C[C@H](CC=C(C)C)C(C)=CC1=O. The van der Waals surface area contributed by atoms with Crippen molar-refractivity contribution in [2.75, 3.05) is 0 Å². The smallest absolute Gasteiger partial charge is 0.164 e. The summed E-state index contributed by atoms with van der Waals surface area (Å²) in [5.74, 6) is 0.428. The Morgan fingerprint density at radius 1 is 1.12 bits per heavy atom. The summed E-state index contributed by atoms with van der Waals surface area (Å²) in [7, 11) is 0. The van der Waals surface area contributed by atoms with E-state index in [0.717, 1.165) is 24.8 Å². The number of ketones is 1. The molecule has 0 spiro atoms. The lowest BCUT2D eigenvalue weighted by Gasteiger charge is -2.41. The van der Waals surface area contributed by atoms with Crippen LogP contribution in [-0.4, -0.2) is 17.0 Å². The van der Waals surface area contributed by atoms with Gasteiger partial charge in [-0.15, -0.1) is 0 Å². The van der Waals surface area contributed by atoms with Gasteiger partial charge in [0.25, 0.3) is 0 Å². The molecule has 0 bridgehead atoms. The fourth-order valence-electron chi connectivity index (χ4n) is 3.63. The Hall–Kier alpha value is -1.41. The zero-order valence-electron chi connectivity index (χ0n) is 17.9. The van der Waals surface area contributed by atoms with Crippen molar-refractivity contribution in [2.24, 2.45) is 11.3 Å². The van der Waals surface area contributed by atoms with E-state index in [9.17, 15) is 9.90 Å².